The predicted molar refractivity (Wildman–Crippen MR) is 125 cm³/mol. The largest absolute Gasteiger partial charge is 0.192 e. The van der Waals surface area contributed by atoms with Crippen LogP contribution in [0.15, 0.2) is 84.9 Å². The Bertz CT molecular complexity index is 1340. The second-order valence-electron chi connectivity index (χ2n) is 8.25. The lowest BCUT2D eigenvalue weighted by Gasteiger charge is -2.22. The highest BCUT2D eigenvalue weighted by Crippen LogP contribution is 2.53. The van der Waals surface area contributed by atoms with Gasteiger partial charge in [0.1, 0.15) is 0 Å². The first-order valence-electron chi connectivity index (χ1n) is 10.0. The summed E-state index contributed by atoms with van der Waals surface area (Å²) in [6.07, 6.45) is 0. The molecule has 0 aliphatic heterocycles. The average molecular weight is 406 g/mol. The lowest BCUT2D eigenvalue weighted by molar-refractivity contribution is 0.660. The second-order valence-corrected chi connectivity index (χ2v) is 8.66. The summed E-state index contributed by atoms with van der Waals surface area (Å²) < 4.78 is 0. The van der Waals surface area contributed by atoms with Gasteiger partial charge in [0, 0.05) is 16.0 Å². The zero-order chi connectivity index (χ0) is 20.9. The van der Waals surface area contributed by atoms with Crippen LogP contribution in [0.3, 0.4) is 0 Å². The third-order valence-corrected chi connectivity index (χ3v) is 6.54. The van der Waals surface area contributed by atoms with Crippen LogP contribution in [0.1, 0.15) is 30.5 Å². The van der Waals surface area contributed by atoms with Crippen LogP contribution < -0.4 is 0 Å². The molecule has 0 amide bonds. The maximum absolute atomic E-state index is 9.41. The Hall–Kier alpha value is -3.34. The van der Waals surface area contributed by atoms with Crippen molar-refractivity contribution in [2.45, 2.75) is 19.3 Å². The normalized spacial score (nSPS) is 13.4. The van der Waals surface area contributed by atoms with Gasteiger partial charge in [-0.15, -0.1) is 0 Å². The van der Waals surface area contributed by atoms with Gasteiger partial charge in [0.05, 0.1) is 11.6 Å². The molecule has 1 nitrogen and oxygen atoms in total. The number of benzene rings is 4. The summed E-state index contributed by atoms with van der Waals surface area (Å²) in [5.41, 5.74) is 10.0. The topological polar surface area (TPSA) is 23.8 Å². The van der Waals surface area contributed by atoms with E-state index in [9.17, 15) is 5.26 Å². The third kappa shape index (κ3) is 2.69. The zero-order valence-corrected chi connectivity index (χ0v) is 17.7. The van der Waals surface area contributed by atoms with E-state index >= 15 is 0 Å². The summed E-state index contributed by atoms with van der Waals surface area (Å²) in [6, 6.07) is 31.3. The van der Waals surface area contributed by atoms with Gasteiger partial charge in [-0.2, -0.15) is 5.26 Å². The number of fused-ring (bicyclic) bond motifs is 3. The molecule has 5 rings (SSSR count). The fourth-order valence-corrected chi connectivity index (χ4v) is 4.95. The lowest BCUT2D eigenvalue weighted by Crippen LogP contribution is -2.15. The summed E-state index contributed by atoms with van der Waals surface area (Å²) in [5, 5.41) is 10.2. The Balaban J connectivity index is 1.82. The standard InChI is InChI=1S/C28H20ClN/c1-28(2)24-12-7-11-22(27(24)23-15-14-18(17-30)16-25(23)28)20-9-4-3-8-19(20)21-10-5-6-13-26(21)29/h3-16H,1-2H3. The molecule has 4 aromatic carbocycles. The molecule has 0 saturated heterocycles. The average Bonchev–Trinajstić information content (AvgIpc) is 3.01. The molecule has 0 heterocycles. The first-order chi connectivity index (χ1) is 14.5. The van der Waals surface area contributed by atoms with Gasteiger partial charge in [-0.25, -0.2) is 0 Å². The van der Waals surface area contributed by atoms with Gasteiger partial charge in [-0.3, -0.25) is 0 Å². The van der Waals surface area contributed by atoms with Gasteiger partial charge >= 0.3 is 0 Å². The highest BCUT2D eigenvalue weighted by Gasteiger charge is 2.37. The van der Waals surface area contributed by atoms with E-state index in [0.717, 1.165) is 21.7 Å². The van der Waals surface area contributed by atoms with E-state index in [0.29, 0.717) is 5.56 Å². The van der Waals surface area contributed by atoms with Gasteiger partial charge in [0.2, 0.25) is 0 Å². The number of hydrogen-bond donors (Lipinski definition) is 0. The Kier molecular flexibility index (Phi) is 4.28. The molecule has 0 unspecified atom stereocenters. The maximum atomic E-state index is 9.41. The first-order valence-corrected chi connectivity index (χ1v) is 10.4. The minimum absolute atomic E-state index is 0.160. The van der Waals surface area contributed by atoms with Crippen LogP contribution in [0, 0.1) is 11.3 Å². The summed E-state index contributed by atoms with van der Waals surface area (Å²) in [4.78, 5) is 0. The molecule has 30 heavy (non-hydrogen) atoms. The molecule has 0 saturated carbocycles. The molecule has 0 N–H and O–H groups in total. The predicted octanol–water partition coefficient (Wildman–Crippen LogP) is 7.85. The van der Waals surface area contributed by atoms with Crippen molar-refractivity contribution in [3.05, 3.63) is 107 Å². The van der Waals surface area contributed by atoms with E-state index in [1.807, 2.05) is 30.3 Å². The smallest absolute Gasteiger partial charge is 0.0991 e. The number of nitriles is 1. The van der Waals surface area contributed by atoms with Crippen LogP contribution in [-0.4, -0.2) is 0 Å². The second kappa shape index (κ2) is 6.87. The van der Waals surface area contributed by atoms with Crippen molar-refractivity contribution in [3.8, 4) is 39.4 Å². The van der Waals surface area contributed by atoms with Gasteiger partial charge in [-0.05, 0) is 57.1 Å². The van der Waals surface area contributed by atoms with Crippen LogP contribution in [-0.2, 0) is 5.41 Å². The van der Waals surface area contributed by atoms with E-state index in [-0.39, 0.29) is 5.41 Å². The molecule has 0 bridgehead atoms. The first kappa shape index (κ1) is 18.7. The van der Waals surface area contributed by atoms with Crippen LogP contribution in [0.25, 0.3) is 33.4 Å². The molecule has 0 aromatic heterocycles. The molecule has 0 atom stereocenters. The quantitative estimate of drug-likeness (QED) is 0.333. The van der Waals surface area contributed by atoms with E-state index in [4.69, 9.17) is 11.6 Å². The molecular formula is C28H20ClN. The van der Waals surface area contributed by atoms with Crippen LogP contribution >= 0.6 is 11.6 Å². The monoisotopic (exact) mass is 405 g/mol. The SMILES string of the molecule is CC1(C)c2cc(C#N)ccc2-c2c(-c3ccccc3-c3ccccc3Cl)cccc21. The number of nitrogens with zero attached hydrogens (tertiary/aromatic N) is 1. The van der Waals surface area contributed by atoms with E-state index < -0.39 is 0 Å². The van der Waals surface area contributed by atoms with Crippen LogP contribution in [0.5, 0.6) is 0 Å². The molecule has 0 spiro atoms. The van der Waals surface area contributed by atoms with Crippen molar-refractivity contribution in [3.63, 3.8) is 0 Å². The third-order valence-electron chi connectivity index (χ3n) is 6.21. The van der Waals surface area contributed by atoms with E-state index in [1.165, 1.54) is 27.8 Å². The molecule has 0 radical (unpaired) electrons. The Morgan fingerprint density at radius 1 is 0.667 bits per heavy atom. The van der Waals surface area contributed by atoms with Crippen LogP contribution in [0.2, 0.25) is 5.02 Å². The molecule has 0 fully saturated rings. The fourth-order valence-electron chi connectivity index (χ4n) is 4.71. The molecule has 1 aliphatic rings. The highest BCUT2D eigenvalue weighted by atomic mass is 35.5. The summed E-state index contributed by atoms with van der Waals surface area (Å²) in [6.45, 7) is 4.48. The molecule has 4 aromatic rings. The number of hydrogen-bond acceptors (Lipinski definition) is 1. The minimum atomic E-state index is -0.160. The van der Waals surface area contributed by atoms with Crippen molar-refractivity contribution < 1.29 is 0 Å². The van der Waals surface area contributed by atoms with Crippen molar-refractivity contribution in [2.24, 2.45) is 0 Å². The molecule has 2 heteroatoms. The summed E-state index contributed by atoms with van der Waals surface area (Å²) in [7, 11) is 0. The van der Waals surface area contributed by atoms with Gasteiger partial charge < -0.3 is 0 Å². The molecular weight excluding hydrogens is 386 g/mol. The Morgan fingerprint density at radius 2 is 1.30 bits per heavy atom. The van der Waals surface area contributed by atoms with Gasteiger partial charge in [0.25, 0.3) is 0 Å². The van der Waals surface area contributed by atoms with E-state index in [2.05, 4.69) is 74.5 Å². The van der Waals surface area contributed by atoms with Gasteiger partial charge in [0.15, 0.2) is 0 Å². The van der Waals surface area contributed by atoms with Crippen molar-refractivity contribution >= 4 is 11.6 Å². The Labute approximate surface area is 182 Å². The highest BCUT2D eigenvalue weighted by molar-refractivity contribution is 6.33. The van der Waals surface area contributed by atoms with E-state index in [1.54, 1.807) is 0 Å². The summed E-state index contributed by atoms with van der Waals surface area (Å²) in [5.74, 6) is 0. The summed E-state index contributed by atoms with van der Waals surface area (Å²) >= 11 is 6.56. The lowest BCUT2D eigenvalue weighted by atomic mass is 9.81. The minimum Gasteiger partial charge on any atom is -0.192 e. The van der Waals surface area contributed by atoms with Crippen molar-refractivity contribution in [2.75, 3.05) is 0 Å². The number of rotatable bonds is 2. The molecule has 144 valence electrons. The van der Waals surface area contributed by atoms with Crippen LogP contribution in [0.4, 0.5) is 0 Å². The molecule has 1 aliphatic carbocycles. The zero-order valence-electron chi connectivity index (χ0n) is 16.9. The maximum Gasteiger partial charge on any atom is 0.0991 e. The Morgan fingerprint density at radius 3 is 2.00 bits per heavy atom. The van der Waals surface area contributed by atoms with Crippen molar-refractivity contribution in [1.82, 2.24) is 0 Å². The van der Waals surface area contributed by atoms with Gasteiger partial charge in [-0.1, -0.05) is 92.2 Å². The number of halogens is 1. The fraction of sp³-hybridized carbons (Fsp3) is 0.107. The van der Waals surface area contributed by atoms with Crippen molar-refractivity contribution in [1.29, 1.82) is 5.26 Å².